The zero-order valence-electron chi connectivity index (χ0n) is 16.8. The molecule has 3 rings (SSSR count). The van der Waals surface area contributed by atoms with Crippen molar-refractivity contribution in [3.63, 3.8) is 0 Å². The minimum Gasteiger partial charge on any atom is -0.495 e. The lowest BCUT2D eigenvalue weighted by atomic mass is 10.2. The smallest absolute Gasteiger partial charge is 0.265 e. The maximum atomic E-state index is 13.0. The molecule has 0 aliphatic carbocycles. The molecular weight excluding hydrogens is 424 g/mol. The van der Waals surface area contributed by atoms with Gasteiger partial charge in [-0.2, -0.15) is 0 Å². The number of anilines is 2. The molecule has 0 radical (unpaired) electrons. The first-order valence-electron chi connectivity index (χ1n) is 9.13. The number of aryl methyl sites for hydroxylation is 1. The van der Waals surface area contributed by atoms with E-state index in [0.29, 0.717) is 28.6 Å². The first kappa shape index (κ1) is 21.7. The van der Waals surface area contributed by atoms with Gasteiger partial charge in [-0.25, -0.2) is 8.42 Å². The van der Waals surface area contributed by atoms with E-state index in [1.807, 2.05) is 25.3 Å². The van der Waals surface area contributed by atoms with Crippen LogP contribution in [0.5, 0.6) is 11.5 Å². The summed E-state index contributed by atoms with van der Waals surface area (Å²) in [5.41, 5.74) is 1.58. The molecule has 3 aromatic rings. The molecule has 9 heteroatoms. The van der Waals surface area contributed by atoms with Gasteiger partial charge in [0, 0.05) is 11.4 Å². The number of amides is 1. The second-order valence-electron chi connectivity index (χ2n) is 6.32. The number of methoxy groups -OCH3 is 1. The standard InChI is InChI=1S/C21H22N2O5S2/c1-4-28-17-8-5-15(6-9-17)23-30(25,26)19-13-16(7-10-18(19)27-3)22-21(24)20-14(2)11-12-29-20/h5-13,23H,4H2,1-3H3,(H,22,24). The minimum atomic E-state index is -3.97. The lowest BCUT2D eigenvalue weighted by molar-refractivity contribution is 0.103. The zero-order valence-corrected chi connectivity index (χ0v) is 18.4. The molecule has 0 atom stereocenters. The van der Waals surface area contributed by atoms with Crippen LogP contribution in [0.15, 0.2) is 58.8 Å². The molecular formula is C21H22N2O5S2. The average molecular weight is 447 g/mol. The number of sulfonamides is 1. The topological polar surface area (TPSA) is 93.7 Å². The highest BCUT2D eigenvalue weighted by Crippen LogP contribution is 2.30. The quantitative estimate of drug-likeness (QED) is 0.531. The van der Waals surface area contributed by atoms with E-state index in [2.05, 4.69) is 10.0 Å². The molecule has 2 aromatic carbocycles. The third kappa shape index (κ3) is 4.92. The molecule has 30 heavy (non-hydrogen) atoms. The van der Waals surface area contributed by atoms with Gasteiger partial charge in [-0.1, -0.05) is 0 Å². The normalized spacial score (nSPS) is 11.0. The number of ether oxygens (including phenoxy) is 2. The fourth-order valence-corrected chi connectivity index (χ4v) is 4.83. The van der Waals surface area contributed by atoms with Crippen molar-refractivity contribution in [2.75, 3.05) is 23.8 Å². The number of benzene rings is 2. The Morgan fingerprint density at radius 2 is 1.77 bits per heavy atom. The second kappa shape index (κ2) is 9.19. The van der Waals surface area contributed by atoms with Gasteiger partial charge in [0.25, 0.3) is 15.9 Å². The van der Waals surface area contributed by atoms with Crippen LogP contribution in [-0.2, 0) is 10.0 Å². The van der Waals surface area contributed by atoms with E-state index < -0.39 is 10.0 Å². The Bertz CT molecular complexity index is 1140. The summed E-state index contributed by atoms with van der Waals surface area (Å²) in [5.74, 6) is 0.515. The first-order valence-corrected chi connectivity index (χ1v) is 11.5. The highest BCUT2D eigenvalue weighted by atomic mass is 32.2. The molecule has 0 saturated heterocycles. The summed E-state index contributed by atoms with van der Waals surface area (Å²) in [6.07, 6.45) is 0. The Balaban J connectivity index is 1.86. The molecule has 1 aromatic heterocycles. The summed E-state index contributed by atoms with van der Waals surface area (Å²) < 4.78 is 39.1. The maximum absolute atomic E-state index is 13.0. The number of carbonyl (C=O) groups is 1. The molecule has 0 saturated carbocycles. The Morgan fingerprint density at radius 3 is 2.37 bits per heavy atom. The fraction of sp³-hybridized carbons (Fsp3) is 0.190. The predicted octanol–water partition coefficient (Wildman–Crippen LogP) is 4.52. The lowest BCUT2D eigenvalue weighted by Gasteiger charge is -2.14. The monoisotopic (exact) mass is 446 g/mol. The van der Waals surface area contributed by atoms with Crippen LogP contribution in [0.2, 0.25) is 0 Å². The Kier molecular flexibility index (Phi) is 6.63. The molecule has 7 nitrogen and oxygen atoms in total. The van der Waals surface area contributed by atoms with Crippen molar-refractivity contribution in [2.45, 2.75) is 18.7 Å². The van der Waals surface area contributed by atoms with Crippen LogP contribution in [0.25, 0.3) is 0 Å². The highest BCUT2D eigenvalue weighted by molar-refractivity contribution is 7.92. The molecule has 0 aliphatic heterocycles. The van der Waals surface area contributed by atoms with E-state index in [4.69, 9.17) is 9.47 Å². The van der Waals surface area contributed by atoms with Crippen molar-refractivity contribution in [3.8, 4) is 11.5 Å². The number of hydrogen-bond donors (Lipinski definition) is 2. The molecule has 1 amide bonds. The Morgan fingerprint density at radius 1 is 1.07 bits per heavy atom. The summed E-state index contributed by atoms with van der Waals surface area (Å²) in [5, 5.41) is 4.57. The molecule has 2 N–H and O–H groups in total. The molecule has 0 unspecified atom stereocenters. The van der Waals surface area contributed by atoms with E-state index >= 15 is 0 Å². The van der Waals surface area contributed by atoms with Gasteiger partial charge in [0.15, 0.2) is 0 Å². The molecule has 0 aliphatic rings. The second-order valence-corrected chi connectivity index (χ2v) is 8.88. The van der Waals surface area contributed by atoms with Gasteiger partial charge in [0.05, 0.1) is 18.6 Å². The van der Waals surface area contributed by atoms with Gasteiger partial charge in [0.1, 0.15) is 16.4 Å². The zero-order chi connectivity index (χ0) is 21.7. The Labute approximate surface area is 179 Å². The van der Waals surface area contributed by atoms with Crippen LogP contribution in [0.4, 0.5) is 11.4 Å². The molecule has 158 valence electrons. The maximum Gasteiger partial charge on any atom is 0.265 e. The summed E-state index contributed by atoms with van der Waals surface area (Å²) in [6, 6.07) is 12.9. The van der Waals surface area contributed by atoms with Crippen molar-refractivity contribution >= 4 is 38.6 Å². The largest absolute Gasteiger partial charge is 0.495 e. The van der Waals surface area contributed by atoms with E-state index in [0.717, 1.165) is 5.56 Å². The number of carbonyl (C=O) groups excluding carboxylic acids is 1. The van der Waals surface area contributed by atoms with Crippen molar-refractivity contribution < 1.29 is 22.7 Å². The van der Waals surface area contributed by atoms with Crippen LogP contribution in [0, 0.1) is 6.92 Å². The van der Waals surface area contributed by atoms with Crippen molar-refractivity contribution in [1.82, 2.24) is 0 Å². The van der Waals surface area contributed by atoms with Crippen molar-refractivity contribution in [1.29, 1.82) is 0 Å². The summed E-state index contributed by atoms with van der Waals surface area (Å²) in [6.45, 7) is 4.23. The first-order chi connectivity index (χ1) is 14.3. The van der Waals surface area contributed by atoms with Gasteiger partial charge >= 0.3 is 0 Å². The van der Waals surface area contributed by atoms with E-state index in [-0.39, 0.29) is 16.6 Å². The van der Waals surface area contributed by atoms with Crippen LogP contribution in [-0.4, -0.2) is 28.0 Å². The fourth-order valence-electron chi connectivity index (χ4n) is 2.75. The minimum absolute atomic E-state index is 0.0837. The summed E-state index contributed by atoms with van der Waals surface area (Å²) in [4.78, 5) is 13.0. The van der Waals surface area contributed by atoms with Gasteiger partial charge in [-0.15, -0.1) is 11.3 Å². The molecule has 0 bridgehead atoms. The summed E-state index contributed by atoms with van der Waals surface area (Å²) >= 11 is 1.32. The Hall–Kier alpha value is -3.04. The van der Waals surface area contributed by atoms with Crippen LogP contribution in [0.3, 0.4) is 0 Å². The average Bonchev–Trinajstić information content (AvgIpc) is 3.15. The van der Waals surface area contributed by atoms with Crippen LogP contribution >= 0.6 is 11.3 Å². The van der Waals surface area contributed by atoms with Crippen LogP contribution in [0.1, 0.15) is 22.2 Å². The van der Waals surface area contributed by atoms with E-state index in [1.54, 1.807) is 30.3 Å². The summed E-state index contributed by atoms with van der Waals surface area (Å²) in [7, 11) is -2.58. The van der Waals surface area contributed by atoms with Crippen molar-refractivity contribution in [3.05, 3.63) is 64.4 Å². The van der Waals surface area contributed by atoms with E-state index in [1.165, 1.54) is 30.6 Å². The third-order valence-electron chi connectivity index (χ3n) is 4.20. The van der Waals surface area contributed by atoms with Crippen molar-refractivity contribution in [2.24, 2.45) is 0 Å². The number of thiophene rings is 1. The number of rotatable bonds is 8. The predicted molar refractivity (Wildman–Crippen MR) is 118 cm³/mol. The van der Waals surface area contributed by atoms with Gasteiger partial charge in [-0.3, -0.25) is 9.52 Å². The van der Waals surface area contributed by atoms with Gasteiger partial charge in [0.2, 0.25) is 0 Å². The van der Waals surface area contributed by atoms with Gasteiger partial charge < -0.3 is 14.8 Å². The highest BCUT2D eigenvalue weighted by Gasteiger charge is 2.21. The van der Waals surface area contributed by atoms with Crippen LogP contribution < -0.4 is 19.5 Å². The molecule has 0 fully saturated rings. The third-order valence-corrected chi connectivity index (χ3v) is 6.61. The van der Waals surface area contributed by atoms with Gasteiger partial charge in [-0.05, 0) is 73.3 Å². The molecule has 1 heterocycles. The molecule has 0 spiro atoms. The lowest BCUT2D eigenvalue weighted by Crippen LogP contribution is -2.16. The SMILES string of the molecule is CCOc1ccc(NS(=O)(=O)c2cc(NC(=O)c3sccc3C)ccc2OC)cc1. The number of hydrogen-bond acceptors (Lipinski definition) is 6. The van der Waals surface area contributed by atoms with E-state index in [9.17, 15) is 13.2 Å². The number of nitrogens with one attached hydrogen (secondary N) is 2.